The zero-order valence-electron chi connectivity index (χ0n) is 12.2. The molecule has 5 heteroatoms. The summed E-state index contributed by atoms with van der Waals surface area (Å²) >= 11 is 0. The summed E-state index contributed by atoms with van der Waals surface area (Å²) in [5, 5.41) is 3.42. The lowest BCUT2D eigenvalue weighted by Gasteiger charge is -2.29. The summed E-state index contributed by atoms with van der Waals surface area (Å²) in [5.74, 6) is 0. The van der Waals surface area contributed by atoms with E-state index in [2.05, 4.69) is 12.2 Å². The lowest BCUT2D eigenvalue weighted by molar-refractivity contribution is -0.137. The van der Waals surface area contributed by atoms with Gasteiger partial charge in [-0.25, -0.2) is 0 Å². The van der Waals surface area contributed by atoms with Gasteiger partial charge in [0.05, 0.1) is 18.3 Å². The van der Waals surface area contributed by atoms with E-state index in [0.29, 0.717) is 11.6 Å². The Morgan fingerprint density at radius 3 is 2.52 bits per heavy atom. The summed E-state index contributed by atoms with van der Waals surface area (Å²) in [7, 11) is 0. The maximum atomic E-state index is 12.6. The number of rotatable bonds is 5. The average molecular weight is 301 g/mol. The van der Waals surface area contributed by atoms with Gasteiger partial charge < -0.3 is 10.1 Å². The third-order valence-electron chi connectivity index (χ3n) is 3.91. The fourth-order valence-electron chi connectivity index (χ4n) is 2.77. The van der Waals surface area contributed by atoms with E-state index in [1.807, 2.05) is 0 Å². The van der Waals surface area contributed by atoms with Gasteiger partial charge in [-0.3, -0.25) is 0 Å². The zero-order valence-corrected chi connectivity index (χ0v) is 12.2. The van der Waals surface area contributed by atoms with Crippen molar-refractivity contribution >= 4 is 0 Å². The highest BCUT2D eigenvalue weighted by Crippen LogP contribution is 2.30. The molecule has 0 aromatic heterocycles. The Kier molecular flexibility index (Phi) is 5.65. The first kappa shape index (κ1) is 16.3. The summed E-state index contributed by atoms with van der Waals surface area (Å²) in [6.07, 6.45) is -0.0514. The molecule has 1 N–H and O–H groups in total. The molecule has 2 rings (SSSR count). The van der Waals surface area contributed by atoms with Crippen LogP contribution < -0.4 is 5.32 Å². The molecule has 1 aliphatic carbocycles. The van der Waals surface area contributed by atoms with E-state index in [1.54, 1.807) is 6.07 Å². The largest absolute Gasteiger partial charge is 0.416 e. The molecule has 21 heavy (non-hydrogen) atoms. The minimum atomic E-state index is -4.29. The van der Waals surface area contributed by atoms with Crippen LogP contribution in [0, 0.1) is 0 Å². The Labute approximate surface area is 123 Å². The lowest BCUT2D eigenvalue weighted by Crippen LogP contribution is -2.35. The molecule has 1 aromatic carbocycles. The molecular weight excluding hydrogens is 279 g/mol. The van der Waals surface area contributed by atoms with Crippen molar-refractivity contribution in [1.29, 1.82) is 0 Å². The fraction of sp³-hybridized carbons (Fsp3) is 0.625. The second kappa shape index (κ2) is 7.27. The van der Waals surface area contributed by atoms with E-state index in [9.17, 15) is 13.2 Å². The van der Waals surface area contributed by atoms with Crippen molar-refractivity contribution in [2.45, 2.75) is 57.5 Å². The summed E-state index contributed by atoms with van der Waals surface area (Å²) in [5.41, 5.74) is -0.0296. The molecular formula is C16H22F3NO. The van der Waals surface area contributed by atoms with Crippen molar-refractivity contribution in [1.82, 2.24) is 5.32 Å². The van der Waals surface area contributed by atoms with Crippen LogP contribution in [-0.2, 0) is 17.5 Å². The average Bonchev–Trinajstić information content (AvgIpc) is 2.46. The Morgan fingerprint density at radius 1 is 1.19 bits per heavy atom. The van der Waals surface area contributed by atoms with Gasteiger partial charge in [-0.15, -0.1) is 0 Å². The Morgan fingerprint density at radius 2 is 1.90 bits per heavy atom. The van der Waals surface area contributed by atoms with Crippen molar-refractivity contribution in [2.75, 3.05) is 6.54 Å². The number of alkyl halides is 3. The van der Waals surface area contributed by atoms with Crippen LogP contribution >= 0.6 is 0 Å². The van der Waals surface area contributed by atoms with E-state index >= 15 is 0 Å². The van der Waals surface area contributed by atoms with Crippen LogP contribution in [0.15, 0.2) is 24.3 Å². The van der Waals surface area contributed by atoms with Gasteiger partial charge in [0, 0.05) is 6.04 Å². The van der Waals surface area contributed by atoms with Crippen molar-refractivity contribution in [3.05, 3.63) is 35.4 Å². The highest BCUT2D eigenvalue weighted by atomic mass is 19.4. The van der Waals surface area contributed by atoms with E-state index in [4.69, 9.17) is 4.74 Å². The molecule has 118 valence electrons. The molecule has 0 radical (unpaired) electrons. The second-order valence-electron chi connectivity index (χ2n) is 5.54. The van der Waals surface area contributed by atoms with Crippen molar-refractivity contribution < 1.29 is 17.9 Å². The number of nitrogens with one attached hydrogen (secondary N) is 1. The number of halogens is 3. The van der Waals surface area contributed by atoms with Gasteiger partial charge in [0.25, 0.3) is 0 Å². The smallest absolute Gasteiger partial charge is 0.374 e. The fourth-order valence-corrected chi connectivity index (χ4v) is 2.77. The second-order valence-corrected chi connectivity index (χ2v) is 5.54. The van der Waals surface area contributed by atoms with Gasteiger partial charge in [-0.1, -0.05) is 19.1 Å². The molecule has 0 heterocycles. The molecule has 1 aromatic rings. The van der Waals surface area contributed by atoms with Gasteiger partial charge in [-0.2, -0.15) is 13.2 Å². The minimum absolute atomic E-state index is 0.162. The van der Waals surface area contributed by atoms with Crippen LogP contribution in [-0.4, -0.2) is 18.7 Å². The summed E-state index contributed by atoms with van der Waals surface area (Å²) < 4.78 is 43.7. The first-order chi connectivity index (χ1) is 9.99. The van der Waals surface area contributed by atoms with Gasteiger partial charge >= 0.3 is 6.18 Å². The summed E-state index contributed by atoms with van der Waals surface area (Å²) in [6.45, 7) is 3.32. The van der Waals surface area contributed by atoms with Crippen molar-refractivity contribution in [3.63, 3.8) is 0 Å². The monoisotopic (exact) mass is 301 g/mol. The predicted molar refractivity (Wildman–Crippen MR) is 76.0 cm³/mol. The van der Waals surface area contributed by atoms with Crippen molar-refractivity contribution in [2.24, 2.45) is 0 Å². The molecule has 1 aliphatic rings. The van der Waals surface area contributed by atoms with E-state index in [0.717, 1.165) is 38.3 Å². The molecule has 0 bridgehead atoms. The molecule has 0 amide bonds. The topological polar surface area (TPSA) is 21.3 Å². The SMILES string of the molecule is CCNC1CCC(OCc2cccc(C(F)(F)F)c2)CC1. The van der Waals surface area contributed by atoms with Crippen LogP contribution in [0.3, 0.4) is 0 Å². The third-order valence-corrected chi connectivity index (χ3v) is 3.91. The van der Waals surface area contributed by atoms with Crippen molar-refractivity contribution in [3.8, 4) is 0 Å². The first-order valence-corrected chi connectivity index (χ1v) is 7.50. The van der Waals surface area contributed by atoms with Crippen LogP contribution in [0.2, 0.25) is 0 Å². The van der Waals surface area contributed by atoms with Crippen LogP contribution in [0.1, 0.15) is 43.7 Å². The maximum Gasteiger partial charge on any atom is 0.416 e. The van der Waals surface area contributed by atoms with E-state index < -0.39 is 11.7 Å². The molecule has 2 nitrogen and oxygen atoms in total. The van der Waals surface area contributed by atoms with Gasteiger partial charge in [-0.05, 0) is 49.9 Å². The highest BCUT2D eigenvalue weighted by Gasteiger charge is 2.30. The predicted octanol–water partition coefficient (Wildman–Crippen LogP) is 4.14. The number of hydrogen-bond acceptors (Lipinski definition) is 2. The Balaban J connectivity index is 1.81. The van der Waals surface area contributed by atoms with Crippen LogP contribution in [0.4, 0.5) is 13.2 Å². The van der Waals surface area contributed by atoms with Gasteiger partial charge in [0.2, 0.25) is 0 Å². The molecule has 0 atom stereocenters. The quantitative estimate of drug-likeness (QED) is 0.882. The maximum absolute atomic E-state index is 12.6. The standard InChI is InChI=1S/C16H22F3NO/c1-2-20-14-6-8-15(9-7-14)21-11-12-4-3-5-13(10-12)16(17,18)19/h3-5,10,14-15,20H,2,6-9,11H2,1H3. The van der Waals surface area contributed by atoms with Gasteiger partial charge in [0.1, 0.15) is 0 Å². The molecule has 0 saturated heterocycles. The molecule has 0 spiro atoms. The Hall–Kier alpha value is -1.07. The van der Waals surface area contributed by atoms with Crippen LogP contribution in [0.5, 0.6) is 0 Å². The summed E-state index contributed by atoms with van der Waals surface area (Å²) in [6, 6.07) is 5.93. The molecule has 0 aliphatic heterocycles. The lowest BCUT2D eigenvalue weighted by atomic mass is 9.93. The van der Waals surface area contributed by atoms with Gasteiger partial charge in [0.15, 0.2) is 0 Å². The highest BCUT2D eigenvalue weighted by molar-refractivity contribution is 5.25. The normalized spacial score (nSPS) is 23.2. The molecule has 1 saturated carbocycles. The molecule has 0 unspecified atom stereocenters. The number of hydrogen-bond donors (Lipinski definition) is 1. The number of benzene rings is 1. The third kappa shape index (κ3) is 5.00. The number of ether oxygens (including phenoxy) is 1. The minimum Gasteiger partial charge on any atom is -0.374 e. The Bertz CT molecular complexity index is 439. The first-order valence-electron chi connectivity index (χ1n) is 7.50. The van der Waals surface area contributed by atoms with Crippen LogP contribution in [0.25, 0.3) is 0 Å². The molecule has 1 fully saturated rings. The van der Waals surface area contributed by atoms with E-state index in [1.165, 1.54) is 12.1 Å². The zero-order chi connectivity index (χ0) is 15.3. The van der Waals surface area contributed by atoms with E-state index in [-0.39, 0.29) is 12.7 Å². The summed E-state index contributed by atoms with van der Waals surface area (Å²) in [4.78, 5) is 0.